The third kappa shape index (κ3) is 4.20. The molecule has 1 aromatic carbocycles. The molecule has 2 N–H and O–H groups in total. The van der Waals surface area contributed by atoms with Gasteiger partial charge in [-0.3, -0.25) is 4.98 Å². The van der Waals surface area contributed by atoms with Crippen molar-refractivity contribution >= 4 is 11.7 Å². The third-order valence-corrected chi connectivity index (χ3v) is 3.72. The molecule has 0 aliphatic carbocycles. The topological polar surface area (TPSA) is 92.9 Å². The predicted octanol–water partition coefficient (Wildman–Crippen LogP) is 3.72. The maximum Gasteiger partial charge on any atom is 0.319 e. The Bertz CT molecular complexity index is 847. The van der Waals surface area contributed by atoms with Crippen LogP contribution in [0.2, 0.25) is 0 Å². The summed E-state index contributed by atoms with van der Waals surface area (Å²) in [5.74, 6) is 0.878. The van der Waals surface area contributed by atoms with E-state index >= 15 is 0 Å². The van der Waals surface area contributed by atoms with Crippen LogP contribution in [0.1, 0.15) is 20.3 Å². The fraction of sp³-hybridized carbons (Fsp3) is 0.222. The molecular weight excluding hydrogens is 318 g/mol. The Labute approximate surface area is 145 Å². The number of amides is 2. The summed E-state index contributed by atoms with van der Waals surface area (Å²) in [6.45, 7) is 3.97. The maximum atomic E-state index is 11.9. The molecule has 0 saturated heterocycles. The average molecular weight is 337 g/mol. The molecular formula is C18H19N5O2. The smallest absolute Gasteiger partial charge is 0.319 e. The van der Waals surface area contributed by atoms with E-state index in [2.05, 4.69) is 25.8 Å². The monoisotopic (exact) mass is 337 g/mol. The highest BCUT2D eigenvalue weighted by Crippen LogP contribution is 2.23. The normalized spacial score (nSPS) is 11.8. The number of pyridine rings is 1. The third-order valence-electron chi connectivity index (χ3n) is 3.72. The van der Waals surface area contributed by atoms with Gasteiger partial charge in [-0.15, -0.1) is 0 Å². The molecule has 7 nitrogen and oxygen atoms in total. The number of carbonyl (C=O) groups excluding carboxylic acids is 1. The molecule has 0 spiro atoms. The fourth-order valence-electron chi connectivity index (χ4n) is 2.18. The summed E-state index contributed by atoms with van der Waals surface area (Å²) >= 11 is 0. The number of nitrogens with one attached hydrogen (secondary N) is 2. The fourth-order valence-corrected chi connectivity index (χ4v) is 2.18. The molecule has 1 atom stereocenters. The Kier molecular flexibility index (Phi) is 5.03. The highest BCUT2D eigenvalue weighted by atomic mass is 16.5. The van der Waals surface area contributed by atoms with Crippen molar-refractivity contribution in [1.29, 1.82) is 0 Å². The molecule has 3 rings (SSSR count). The van der Waals surface area contributed by atoms with E-state index in [0.29, 0.717) is 17.4 Å². The number of carbonyl (C=O) groups is 1. The van der Waals surface area contributed by atoms with Gasteiger partial charge in [0, 0.05) is 35.2 Å². The van der Waals surface area contributed by atoms with Crippen molar-refractivity contribution in [2.24, 2.45) is 0 Å². The number of aromatic nitrogens is 3. The van der Waals surface area contributed by atoms with Crippen LogP contribution < -0.4 is 10.6 Å². The SMILES string of the molecule is CCC(C)NC(=O)Nc1cccc(-c2noc(-c3ccncc3)n2)c1. The molecule has 25 heavy (non-hydrogen) atoms. The zero-order chi connectivity index (χ0) is 17.6. The highest BCUT2D eigenvalue weighted by Gasteiger charge is 2.12. The van der Waals surface area contributed by atoms with Crippen molar-refractivity contribution in [3.8, 4) is 22.8 Å². The Hall–Kier alpha value is -3.22. The molecule has 2 amide bonds. The van der Waals surface area contributed by atoms with Gasteiger partial charge in [0.2, 0.25) is 5.82 Å². The van der Waals surface area contributed by atoms with E-state index in [0.717, 1.165) is 17.5 Å². The van der Waals surface area contributed by atoms with Crippen molar-refractivity contribution in [3.63, 3.8) is 0 Å². The largest absolute Gasteiger partial charge is 0.335 e. The van der Waals surface area contributed by atoms with Crippen molar-refractivity contribution < 1.29 is 9.32 Å². The van der Waals surface area contributed by atoms with Crippen LogP contribution in [0.5, 0.6) is 0 Å². The van der Waals surface area contributed by atoms with Crippen molar-refractivity contribution in [3.05, 3.63) is 48.8 Å². The summed E-state index contributed by atoms with van der Waals surface area (Å²) in [5, 5.41) is 9.68. The van der Waals surface area contributed by atoms with Gasteiger partial charge >= 0.3 is 6.03 Å². The molecule has 0 aliphatic rings. The number of hydrogen-bond donors (Lipinski definition) is 2. The quantitative estimate of drug-likeness (QED) is 0.740. The molecule has 0 bridgehead atoms. The van der Waals surface area contributed by atoms with Crippen LogP contribution in [0.25, 0.3) is 22.8 Å². The van der Waals surface area contributed by atoms with Crippen LogP contribution in [0.4, 0.5) is 10.5 Å². The number of anilines is 1. The van der Waals surface area contributed by atoms with Crippen molar-refractivity contribution in [2.75, 3.05) is 5.32 Å². The first-order valence-electron chi connectivity index (χ1n) is 8.07. The highest BCUT2D eigenvalue weighted by molar-refractivity contribution is 5.90. The molecule has 7 heteroatoms. The minimum absolute atomic E-state index is 0.114. The minimum Gasteiger partial charge on any atom is -0.335 e. The first-order valence-corrected chi connectivity index (χ1v) is 8.07. The van der Waals surface area contributed by atoms with E-state index in [1.54, 1.807) is 30.6 Å². The lowest BCUT2D eigenvalue weighted by Gasteiger charge is -2.12. The number of benzene rings is 1. The molecule has 128 valence electrons. The van der Waals surface area contributed by atoms with Gasteiger partial charge < -0.3 is 15.2 Å². The summed E-state index contributed by atoms with van der Waals surface area (Å²) < 4.78 is 5.30. The molecule has 2 aromatic heterocycles. The lowest BCUT2D eigenvalue weighted by Crippen LogP contribution is -2.35. The molecule has 2 heterocycles. The summed E-state index contributed by atoms with van der Waals surface area (Å²) in [6, 6.07) is 10.8. The van der Waals surface area contributed by atoms with Crippen LogP contribution in [-0.2, 0) is 0 Å². The first kappa shape index (κ1) is 16.6. The Morgan fingerprint density at radius 1 is 1.20 bits per heavy atom. The molecule has 0 aliphatic heterocycles. The van der Waals surface area contributed by atoms with Crippen LogP contribution in [0, 0.1) is 0 Å². The predicted molar refractivity (Wildman–Crippen MR) is 94.9 cm³/mol. The molecule has 0 saturated carbocycles. The zero-order valence-electron chi connectivity index (χ0n) is 14.1. The zero-order valence-corrected chi connectivity index (χ0v) is 14.1. The van der Waals surface area contributed by atoms with Crippen molar-refractivity contribution in [2.45, 2.75) is 26.3 Å². The van der Waals surface area contributed by atoms with E-state index in [1.807, 2.05) is 32.0 Å². The Morgan fingerprint density at radius 3 is 2.76 bits per heavy atom. The van der Waals surface area contributed by atoms with Gasteiger partial charge in [-0.05, 0) is 37.6 Å². The first-order chi connectivity index (χ1) is 12.2. The van der Waals surface area contributed by atoms with Crippen LogP contribution in [-0.4, -0.2) is 27.2 Å². The van der Waals surface area contributed by atoms with Gasteiger partial charge in [0.1, 0.15) is 0 Å². The minimum atomic E-state index is -0.239. The van der Waals surface area contributed by atoms with Gasteiger partial charge in [0.25, 0.3) is 5.89 Å². The van der Waals surface area contributed by atoms with Gasteiger partial charge in [0.15, 0.2) is 0 Å². The Morgan fingerprint density at radius 2 is 2.00 bits per heavy atom. The van der Waals surface area contributed by atoms with E-state index < -0.39 is 0 Å². The second-order valence-corrected chi connectivity index (χ2v) is 5.65. The number of nitrogens with zero attached hydrogens (tertiary/aromatic N) is 3. The Balaban J connectivity index is 1.76. The van der Waals surface area contributed by atoms with E-state index in [9.17, 15) is 4.79 Å². The summed E-state index contributed by atoms with van der Waals surface area (Å²) in [4.78, 5) is 20.3. The summed E-state index contributed by atoms with van der Waals surface area (Å²) in [7, 11) is 0. The average Bonchev–Trinajstić information content (AvgIpc) is 3.12. The van der Waals surface area contributed by atoms with E-state index in [4.69, 9.17) is 4.52 Å². The van der Waals surface area contributed by atoms with Crippen LogP contribution in [0.3, 0.4) is 0 Å². The second kappa shape index (κ2) is 7.57. The van der Waals surface area contributed by atoms with Crippen LogP contribution >= 0.6 is 0 Å². The number of urea groups is 1. The van der Waals surface area contributed by atoms with Crippen LogP contribution in [0.15, 0.2) is 53.3 Å². The molecule has 0 radical (unpaired) electrons. The standard InChI is InChI=1S/C18H19N5O2/c1-3-12(2)20-18(24)21-15-6-4-5-14(11-15)16-22-17(25-23-16)13-7-9-19-10-8-13/h4-12H,3H2,1-2H3,(H2,20,21,24). The number of rotatable bonds is 5. The summed E-state index contributed by atoms with van der Waals surface area (Å²) in [5.41, 5.74) is 2.22. The lowest BCUT2D eigenvalue weighted by atomic mass is 10.2. The molecule has 0 fully saturated rings. The number of hydrogen-bond acceptors (Lipinski definition) is 5. The van der Waals surface area contributed by atoms with Gasteiger partial charge in [-0.25, -0.2) is 4.79 Å². The van der Waals surface area contributed by atoms with Gasteiger partial charge in [-0.2, -0.15) is 4.98 Å². The lowest BCUT2D eigenvalue weighted by molar-refractivity contribution is 0.249. The molecule has 3 aromatic rings. The van der Waals surface area contributed by atoms with Crippen molar-refractivity contribution in [1.82, 2.24) is 20.4 Å². The van der Waals surface area contributed by atoms with E-state index in [-0.39, 0.29) is 12.1 Å². The second-order valence-electron chi connectivity index (χ2n) is 5.65. The molecule has 1 unspecified atom stereocenters. The van der Waals surface area contributed by atoms with E-state index in [1.165, 1.54) is 0 Å². The van der Waals surface area contributed by atoms with Gasteiger partial charge in [0.05, 0.1) is 0 Å². The van der Waals surface area contributed by atoms with Gasteiger partial charge in [-0.1, -0.05) is 24.2 Å². The maximum absolute atomic E-state index is 11.9. The summed E-state index contributed by atoms with van der Waals surface area (Å²) in [6.07, 6.45) is 4.20.